The van der Waals surface area contributed by atoms with Crippen molar-refractivity contribution in [1.82, 2.24) is 15.6 Å². The van der Waals surface area contributed by atoms with Gasteiger partial charge in [0.05, 0.1) is 20.3 Å². The predicted molar refractivity (Wildman–Crippen MR) is 69.9 cm³/mol. The summed E-state index contributed by atoms with van der Waals surface area (Å²) in [6.07, 6.45) is 2.10. The fourth-order valence-corrected chi connectivity index (χ4v) is 1.92. The first-order chi connectivity index (χ1) is 9.28. The number of carbonyl (C=O) groups is 1. The number of morpholine rings is 1. The summed E-state index contributed by atoms with van der Waals surface area (Å²) in [6.45, 7) is 2.59. The average Bonchev–Trinajstić information content (AvgIpc) is 2.46. The highest BCUT2D eigenvalue weighted by Gasteiger charge is 2.16. The second-order valence-electron chi connectivity index (χ2n) is 4.41. The molecular formula is C13H19N3O3. The van der Waals surface area contributed by atoms with Crippen LogP contribution in [-0.4, -0.2) is 43.8 Å². The molecule has 1 saturated heterocycles. The Morgan fingerprint density at radius 2 is 2.58 bits per heavy atom. The molecule has 0 aliphatic carbocycles. The van der Waals surface area contributed by atoms with Crippen molar-refractivity contribution in [2.45, 2.75) is 19.0 Å². The standard InChI is InChI=1S/C13H19N3O3/c1-18-13-6-10(2-3-15-13)8-16-12(17)7-11-9-19-5-4-14-11/h2-3,6,11,14H,4-5,7-9H2,1H3,(H,16,17). The monoisotopic (exact) mass is 265 g/mol. The lowest BCUT2D eigenvalue weighted by Crippen LogP contribution is -2.44. The van der Waals surface area contributed by atoms with Gasteiger partial charge >= 0.3 is 0 Å². The number of nitrogens with zero attached hydrogens (tertiary/aromatic N) is 1. The Hall–Kier alpha value is -1.66. The first-order valence-corrected chi connectivity index (χ1v) is 6.34. The SMILES string of the molecule is COc1cc(CNC(=O)CC2COCCN2)ccn1. The zero-order valence-corrected chi connectivity index (χ0v) is 11.0. The van der Waals surface area contributed by atoms with Gasteiger partial charge in [0, 0.05) is 37.8 Å². The number of pyridine rings is 1. The Kier molecular flexibility index (Phi) is 5.11. The normalized spacial score (nSPS) is 18.9. The predicted octanol–water partition coefficient (Wildman–Crippen LogP) is 0.0849. The maximum Gasteiger partial charge on any atom is 0.221 e. The fraction of sp³-hybridized carbons (Fsp3) is 0.538. The quantitative estimate of drug-likeness (QED) is 0.789. The number of amides is 1. The molecule has 1 aromatic heterocycles. The molecule has 0 radical (unpaired) electrons. The maximum atomic E-state index is 11.8. The number of hydrogen-bond donors (Lipinski definition) is 2. The van der Waals surface area contributed by atoms with Gasteiger partial charge in [-0.1, -0.05) is 0 Å². The third-order valence-corrected chi connectivity index (χ3v) is 2.93. The van der Waals surface area contributed by atoms with E-state index in [4.69, 9.17) is 9.47 Å². The summed E-state index contributed by atoms with van der Waals surface area (Å²) in [5.41, 5.74) is 0.966. The third-order valence-electron chi connectivity index (χ3n) is 2.93. The van der Waals surface area contributed by atoms with E-state index in [0.717, 1.165) is 18.7 Å². The minimum Gasteiger partial charge on any atom is -0.481 e. The highest BCUT2D eigenvalue weighted by molar-refractivity contribution is 5.76. The highest BCUT2D eigenvalue weighted by Crippen LogP contribution is 2.08. The summed E-state index contributed by atoms with van der Waals surface area (Å²) in [5, 5.41) is 6.13. The van der Waals surface area contributed by atoms with Crippen LogP contribution in [0.3, 0.4) is 0 Å². The van der Waals surface area contributed by atoms with E-state index in [1.807, 2.05) is 12.1 Å². The molecule has 1 unspecified atom stereocenters. The minimum atomic E-state index is 0.0128. The van der Waals surface area contributed by atoms with Crippen molar-refractivity contribution in [2.75, 3.05) is 26.9 Å². The summed E-state index contributed by atoms with van der Waals surface area (Å²) < 4.78 is 10.3. The third kappa shape index (κ3) is 4.50. The topological polar surface area (TPSA) is 72.5 Å². The van der Waals surface area contributed by atoms with Gasteiger partial charge in [-0.3, -0.25) is 4.79 Å². The van der Waals surface area contributed by atoms with Crippen molar-refractivity contribution in [1.29, 1.82) is 0 Å². The molecule has 6 heteroatoms. The molecule has 6 nitrogen and oxygen atoms in total. The molecule has 0 bridgehead atoms. The van der Waals surface area contributed by atoms with Gasteiger partial charge in [0.25, 0.3) is 0 Å². The molecule has 2 N–H and O–H groups in total. The van der Waals surface area contributed by atoms with Crippen LogP contribution in [0.4, 0.5) is 0 Å². The van der Waals surface area contributed by atoms with Crippen LogP contribution >= 0.6 is 0 Å². The van der Waals surface area contributed by atoms with E-state index < -0.39 is 0 Å². The summed E-state index contributed by atoms with van der Waals surface area (Å²) in [5.74, 6) is 0.563. The number of carbonyl (C=O) groups excluding carboxylic acids is 1. The fourth-order valence-electron chi connectivity index (χ4n) is 1.92. The van der Waals surface area contributed by atoms with Crippen LogP contribution < -0.4 is 15.4 Å². The Bertz CT molecular complexity index is 419. The van der Waals surface area contributed by atoms with Gasteiger partial charge in [-0.15, -0.1) is 0 Å². The van der Waals surface area contributed by atoms with E-state index in [1.165, 1.54) is 0 Å². The van der Waals surface area contributed by atoms with E-state index in [0.29, 0.717) is 25.5 Å². The number of nitrogens with one attached hydrogen (secondary N) is 2. The minimum absolute atomic E-state index is 0.0128. The molecule has 1 aliphatic heterocycles. The van der Waals surface area contributed by atoms with Crippen LogP contribution in [-0.2, 0) is 16.1 Å². The van der Waals surface area contributed by atoms with Gasteiger partial charge in [0.1, 0.15) is 0 Å². The van der Waals surface area contributed by atoms with E-state index in [2.05, 4.69) is 15.6 Å². The van der Waals surface area contributed by atoms with Crippen LogP contribution in [0.15, 0.2) is 18.3 Å². The number of rotatable bonds is 5. The van der Waals surface area contributed by atoms with Crippen LogP contribution in [0.25, 0.3) is 0 Å². The first kappa shape index (κ1) is 13.8. The summed E-state index contributed by atoms with van der Waals surface area (Å²) >= 11 is 0. The second-order valence-corrected chi connectivity index (χ2v) is 4.41. The van der Waals surface area contributed by atoms with Gasteiger partial charge in [-0.2, -0.15) is 0 Å². The number of aromatic nitrogens is 1. The molecule has 104 valence electrons. The lowest BCUT2D eigenvalue weighted by atomic mass is 10.2. The molecule has 19 heavy (non-hydrogen) atoms. The van der Waals surface area contributed by atoms with Crippen LogP contribution in [0.2, 0.25) is 0 Å². The van der Waals surface area contributed by atoms with Crippen molar-refractivity contribution < 1.29 is 14.3 Å². The van der Waals surface area contributed by atoms with E-state index >= 15 is 0 Å². The first-order valence-electron chi connectivity index (χ1n) is 6.34. The summed E-state index contributed by atoms with van der Waals surface area (Å²) in [7, 11) is 1.57. The van der Waals surface area contributed by atoms with Crippen molar-refractivity contribution in [2.24, 2.45) is 0 Å². The van der Waals surface area contributed by atoms with Gasteiger partial charge in [0.2, 0.25) is 11.8 Å². The van der Waals surface area contributed by atoms with Gasteiger partial charge < -0.3 is 20.1 Å². The molecule has 0 saturated carbocycles. The molecule has 1 atom stereocenters. The Balaban J connectivity index is 1.76. The molecule has 1 aromatic rings. The maximum absolute atomic E-state index is 11.8. The molecule has 2 rings (SSSR count). The number of methoxy groups -OCH3 is 1. The van der Waals surface area contributed by atoms with Crippen molar-refractivity contribution in [3.05, 3.63) is 23.9 Å². The summed E-state index contributed by atoms with van der Waals surface area (Å²) in [4.78, 5) is 15.8. The largest absolute Gasteiger partial charge is 0.481 e. The van der Waals surface area contributed by atoms with E-state index in [9.17, 15) is 4.79 Å². The molecule has 1 amide bonds. The zero-order valence-electron chi connectivity index (χ0n) is 11.0. The zero-order chi connectivity index (χ0) is 13.5. The van der Waals surface area contributed by atoms with Crippen LogP contribution in [0.5, 0.6) is 5.88 Å². The smallest absolute Gasteiger partial charge is 0.221 e. The number of ether oxygens (including phenoxy) is 2. The lowest BCUT2D eigenvalue weighted by molar-refractivity contribution is -0.122. The van der Waals surface area contributed by atoms with Crippen molar-refractivity contribution in [3.63, 3.8) is 0 Å². The van der Waals surface area contributed by atoms with Crippen molar-refractivity contribution >= 4 is 5.91 Å². The molecule has 0 spiro atoms. The van der Waals surface area contributed by atoms with Crippen LogP contribution in [0.1, 0.15) is 12.0 Å². The molecular weight excluding hydrogens is 246 g/mol. The Labute approximate surface area is 112 Å². The Morgan fingerprint density at radius 3 is 3.32 bits per heavy atom. The summed E-state index contributed by atoms with van der Waals surface area (Å²) in [6, 6.07) is 3.77. The molecule has 1 fully saturated rings. The lowest BCUT2D eigenvalue weighted by Gasteiger charge is -2.23. The molecule has 2 heterocycles. The van der Waals surface area contributed by atoms with Crippen LogP contribution in [0, 0.1) is 0 Å². The molecule has 1 aliphatic rings. The van der Waals surface area contributed by atoms with Gasteiger partial charge in [-0.25, -0.2) is 4.98 Å². The Morgan fingerprint density at radius 1 is 1.68 bits per heavy atom. The average molecular weight is 265 g/mol. The van der Waals surface area contributed by atoms with E-state index in [1.54, 1.807) is 13.3 Å². The number of hydrogen-bond acceptors (Lipinski definition) is 5. The second kappa shape index (κ2) is 7.06. The highest BCUT2D eigenvalue weighted by atomic mass is 16.5. The van der Waals surface area contributed by atoms with E-state index in [-0.39, 0.29) is 11.9 Å². The van der Waals surface area contributed by atoms with Gasteiger partial charge in [0.15, 0.2) is 0 Å². The molecule has 0 aromatic carbocycles. The van der Waals surface area contributed by atoms with Gasteiger partial charge in [-0.05, 0) is 11.6 Å². The van der Waals surface area contributed by atoms with Crippen molar-refractivity contribution in [3.8, 4) is 5.88 Å².